The molecule has 162 valence electrons. The van der Waals surface area contributed by atoms with E-state index < -0.39 is 69.6 Å². The third kappa shape index (κ3) is 4.67. The number of thiophene rings is 1. The lowest BCUT2D eigenvalue weighted by molar-refractivity contribution is -0.345. The van der Waals surface area contributed by atoms with Crippen molar-refractivity contribution in [1.29, 1.82) is 0 Å². The zero-order valence-electron chi connectivity index (χ0n) is 13.9. The Hall–Kier alpha value is -0.800. The van der Waals surface area contributed by atoms with E-state index in [2.05, 4.69) is 4.74 Å². The first-order valence-electron chi connectivity index (χ1n) is 7.13. The van der Waals surface area contributed by atoms with Crippen LogP contribution in [-0.2, 0) is 24.6 Å². The van der Waals surface area contributed by atoms with Gasteiger partial charge in [0, 0.05) is 12.5 Å². The smallest absolute Gasteiger partial charge is 0.300 e. The molecule has 28 heavy (non-hydrogen) atoms. The highest BCUT2D eigenvalue weighted by molar-refractivity contribution is 7.95. The normalized spacial score (nSPS) is 24.8. The number of fused-ring (bicyclic) bond motifs is 1. The first-order valence-corrected chi connectivity index (χ1v) is 11.0. The fraction of sp³-hybridized carbons (Fsp3) is 0.636. The van der Waals surface area contributed by atoms with Crippen molar-refractivity contribution in [2.24, 2.45) is 5.14 Å². The van der Waals surface area contributed by atoms with Crippen LogP contribution in [0.25, 0.3) is 0 Å². The van der Waals surface area contributed by atoms with Crippen molar-refractivity contribution < 1.29 is 57.3 Å². The van der Waals surface area contributed by atoms with Gasteiger partial charge in [-0.05, 0) is 6.07 Å². The lowest BCUT2D eigenvalue weighted by Crippen LogP contribution is -2.63. The van der Waals surface area contributed by atoms with E-state index in [1.54, 1.807) is 0 Å². The molecule has 10 N–H and O–H groups in total. The minimum atomic E-state index is -4.90. The molecule has 17 heteroatoms. The van der Waals surface area contributed by atoms with Gasteiger partial charge >= 0.3 is 0 Å². The number of aliphatic hydroxyl groups is 7. The van der Waals surface area contributed by atoms with E-state index in [-0.39, 0.29) is 11.3 Å². The quantitative estimate of drug-likeness (QED) is 0.178. The van der Waals surface area contributed by atoms with Gasteiger partial charge in [0.2, 0.25) is 37.0 Å². The summed E-state index contributed by atoms with van der Waals surface area (Å²) in [6, 6.07) is -1.37. The molecule has 0 saturated heterocycles. The Balaban J connectivity index is 2.71. The van der Waals surface area contributed by atoms with Crippen LogP contribution < -0.4 is 10.5 Å². The maximum atomic E-state index is 12.7. The van der Waals surface area contributed by atoms with Crippen LogP contribution in [0.3, 0.4) is 0 Å². The highest BCUT2D eigenvalue weighted by Gasteiger charge is 2.59. The first kappa shape index (κ1) is 23.5. The molecule has 0 radical (unpaired) electrons. The number of ether oxygens (including phenoxy) is 1. The van der Waals surface area contributed by atoms with Gasteiger partial charge < -0.3 is 40.5 Å². The highest BCUT2D eigenvalue weighted by Crippen LogP contribution is 2.47. The molecule has 2 rings (SSSR count). The summed E-state index contributed by atoms with van der Waals surface area (Å²) in [5.74, 6) is -9.85. The standard InChI is InChI=1S/C11H18N2O12S3/c1-9(14,15)13-6-4-2-5(28(12,23)24)26-7(4)27(21,22)8(11(6,19)20)25-3-10(16,17)18/h2,6,8,13-20H,3H2,1H3,(H2,12,23,24). The molecule has 0 fully saturated rings. The summed E-state index contributed by atoms with van der Waals surface area (Å²) >= 11 is 0.123. The number of primary sulfonamides is 1. The predicted octanol–water partition coefficient (Wildman–Crippen LogP) is -4.87. The largest absolute Gasteiger partial charge is 0.361 e. The van der Waals surface area contributed by atoms with E-state index in [1.807, 2.05) is 5.32 Å². The van der Waals surface area contributed by atoms with Crippen LogP contribution in [0.1, 0.15) is 18.5 Å². The molecule has 1 aromatic rings. The van der Waals surface area contributed by atoms with Crippen LogP contribution in [0.4, 0.5) is 0 Å². The molecule has 14 nitrogen and oxygen atoms in total. The maximum absolute atomic E-state index is 12.7. The van der Waals surface area contributed by atoms with Crippen molar-refractivity contribution in [1.82, 2.24) is 5.32 Å². The van der Waals surface area contributed by atoms with E-state index in [4.69, 9.17) is 20.5 Å². The van der Waals surface area contributed by atoms with E-state index in [0.717, 1.165) is 6.92 Å². The lowest BCUT2D eigenvalue weighted by atomic mass is 10.00. The molecular formula is C11H18N2O12S3. The lowest BCUT2D eigenvalue weighted by Gasteiger charge is -2.42. The minimum absolute atomic E-state index is 0.123. The van der Waals surface area contributed by atoms with E-state index in [0.29, 0.717) is 6.07 Å². The van der Waals surface area contributed by atoms with Crippen LogP contribution in [0.5, 0.6) is 0 Å². The van der Waals surface area contributed by atoms with Gasteiger partial charge in [0.15, 0.2) is 0 Å². The minimum Gasteiger partial charge on any atom is -0.361 e. The maximum Gasteiger partial charge on any atom is 0.300 e. The van der Waals surface area contributed by atoms with Crippen LogP contribution in [0, 0.1) is 0 Å². The molecule has 1 aromatic heterocycles. The second-order valence-electron chi connectivity index (χ2n) is 6.20. The third-order valence-corrected chi connectivity index (χ3v) is 8.56. The fourth-order valence-electron chi connectivity index (χ4n) is 2.48. The SMILES string of the molecule is CC(O)(O)NC1c2cc(S(N)(=O)=O)sc2S(=O)(=O)C(OCC(O)(O)O)C1(O)O. The van der Waals surface area contributed by atoms with E-state index >= 15 is 0 Å². The van der Waals surface area contributed by atoms with Gasteiger partial charge in [-0.25, -0.2) is 22.0 Å². The Bertz CT molecular complexity index is 954. The van der Waals surface area contributed by atoms with Gasteiger partial charge in [0.05, 0.1) is 6.04 Å². The van der Waals surface area contributed by atoms with Crippen LogP contribution in [0.2, 0.25) is 0 Å². The second-order valence-corrected chi connectivity index (χ2v) is 11.2. The Morgan fingerprint density at radius 2 is 1.82 bits per heavy atom. The number of sulfone groups is 1. The van der Waals surface area contributed by atoms with Crippen LogP contribution in [0.15, 0.2) is 14.5 Å². The topological polar surface area (TPSA) is 257 Å². The van der Waals surface area contributed by atoms with Gasteiger partial charge in [0.25, 0.3) is 5.97 Å². The number of nitrogens with one attached hydrogen (secondary N) is 1. The summed E-state index contributed by atoms with van der Waals surface area (Å²) in [4.78, 5) is 0. The summed E-state index contributed by atoms with van der Waals surface area (Å²) in [6.07, 6.45) is 0. The van der Waals surface area contributed by atoms with Crippen molar-refractivity contribution >= 4 is 31.2 Å². The predicted molar refractivity (Wildman–Crippen MR) is 87.9 cm³/mol. The molecule has 0 amide bonds. The van der Waals surface area contributed by atoms with Gasteiger partial charge in [-0.1, -0.05) is 0 Å². The molecule has 0 aliphatic carbocycles. The molecule has 0 bridgehead atoms. The Kier molecular flexibility index (Phi) is 5.76. The number of rotatable bonds is 6. The molecule has 2 unspecified atom stereocenters. The van der Waals surface area contributed by atoms with Gasteiger partial charge in [-0.15, -0.1) is 11.3 Å². The zero-order chi connectivity index (χ0) is 21.9. The monoisotopic (exact) mass is 466 g/mol. The summed E-state index contributed by atoms with van der Waals surface area (Å²) in [5, 5.41) is 73.4. The molecule has 1 aliphatic rings. The molecule has 0 spiro atoms. The van der Waals surface area contributed by atoms with Crippen LogP contribution in [-0.4, -0.2) is 82.3 Å². The Morgan fingerprint density at radius 3 is 2.25 bits per heavy atom. The molecule has 2 atom stereocenters. The number of sulfonamides is 1. The van der Waals surface area contributed by atoms with Crippen molar-refractivity contribution in [3.05, 3.63) is 11.6 Å². The molecule has 2 heterocycles. The fourth-order valence-corrected chi connectivity index (χ4v) is 6.84. The summed E-state index contributed by atoms with van der Waals surface area (Å²) < 4.78 is 51.7. The summed E-state index contributed by atoms with van der Waals surface area (Å²) in [6.45, 7) is -0.778. The van der Waals surface area contributed by atoms with Gasteiger partial charge in [-0.2, -0.15) is 0 Å². The average Bonchev–Trinajstić information content (AvgIpc) is 2.86. The number of nitrogens with two attached hydrogens (primary N) is 1. The van der Waals surface area contributed by atoms with Crippen molar-refractivity contribution in [3.63, 3.8) is 0 Å². The van der Waals surface area contributed by atoms with E-state index in [1.165, 1.54) is 0 Å². The van der Waals surface area contributed by atoms with Gasteiger partial charge in [-0.3, -0.25) is 5.32 Å². The third-order valence-electron chi connectivity index (χ3n) is 3.45. The molecule has 0 aromatic carbocycles. The Labute approximate surface area is 162 Å². The van der Waals surface area contributed by atoms with E-state index in [9.17, 15) is 37.3 Å². The van der Waals surface area contributed by atoms with Crippen molar-refractivity contribution in [3.8, 4) is 0 Å². The second kappa shape index (κ2) is 6.87. The summed E-state index contributed by atoms with van der Waals surface area (Å²) in [5.41, 5.74) is -3.28. The summed E-state index contributed by atoms with van der Waals surface area (Å²) in [7, 11) is -9.33. The number of hydrogen-bond acceptors (Lipinski definition) is 14. The first-order chi connectivity index (χ1) is 12.3. The number of hydrogen-bond donors (Lipinski definition) is 9. The van der Waals surface area contributed by atoms with Crippen molar-refractivity contribution in [2.75, 3.05) is 6.61 Å². The van der Waals surface area contributed by atoms with Gasteiger partial charge in [0.1, 0.15) is 15.0 Å². The average molecular weight is 466 g/mol. The molecule has 1 aliphatic heterocycles. The zero-order valence-corrected chi connectivity index (χ0v) is 16.4. The molecule has 0 saturated carbocycles. The van der Waals surface area contributed by atoms with Crippen LogP contribution >= 0.6 is 11.3 Å². The van der Waals surface area contributed by atoms with Crippen molar-refractivity contribution in [2.45, 2.75) is 44.5 Å². The molecular weight excluding hydrogens is 448 g/mol. The Morgan fingerprint density at radius 1 is 1.29 bits per heavy atom. The highest BCUT2D eigenvalue weighted by atomic mass is 32.3.